The number of hydrogen-bond donors (Lipinski definition) is 2. The van der Waals surface area contributed by atoms with Gasteiger partial charge >= 0.3 is 6.18 Å². The van der Waals surface area contributed by atoms with Gasteiger partial charge in [-0.2, -0.15) is 13.2 Å². The van der Waals surface area contributed by atoms with Crippen LogP contribution in [0.15, 0.2) is 12.1 Å². The fourth-order valence-electron chi connectivity index (χ4n) is 1.64. The molecule has 0 fully saturated rings. The second kappa shape index (κ2) is 6.75. The van der Waals surface area contributed by atoms with Crippen LogP contribution in [0, 0.1) is 5.41 Å². The summed E-state index contributed by atoms with van der Waals surface area (Å²) in [6.45, 7) is 4.41. The largest absolute Gasteiger partial charge is 0.433 e. The predicted molar refractivity (Wildman–Crippen MR) is 74.6 cm³/mol. The Morgan fingerprint density at radius 3 is 2.52 bits per heavy atom. The van der Waals surface area contributed by atoms with Gasteiger partial charge in [-0.15, -0.1) is 0 Å². The molecule has 0 saturated heterocycles. The summed E-state index contributed by atoms with van der Waals surface area (Å²) in [4.78, 5) is 5.08. The van der Waals surface area contributed by atoms with Crippen LogP contribution in [0.3, 0.4) is 0 Å². The van der Waals surface area contributed by atoms with Crippen LogP contribution in [0.4, 0.5) is 19.0 Å². The van der Waals surface area contributed by atoms with Gasteiger partial charge in [-0.05, 0) is 26.0 Å². The monoisotopic (exact) mass is 304 g/mol. The number of nitrogens with two attached hydrogens (primary N) is 1. The number of nitrogens with one attached hydrogen (secondary N) is 1. The number of rotatable bonds is 6. The van der Waals surface area contributed by atoms with E-state index in [0.717, 1.165) is 12.1 Å². The summed E-state index contributed by atoms with van der Waals surface area (Å²) in [5.74, 6) is -0.312. The molecule has 0 aliphatic carbocycles. The molecule has 0 aromatic carbocycles. The smallest absolute Gasteiger partial charge is 0.384 e. The highest BCUT2D eigenvalue weighted by atomic mass is 19.4. The molecule has 3 N–H and O–H groups in total. The summed E-state index contributed by atoms with van der Waals surface area (Å²) < 4.78 is 43.5. The van der Waals surface area contributed by atoms with Gasteiger partial charge in [0.05, 0.1) is 18.3 Å². The Bertz CT molecular complexity index is 503. The maximum Gasteiger partial charge on any atom is 0.433 e. The van der Waals surface area contributed by atoms with Gasteiger partial charge in [-0.1, -0.05) is 0 Å². The van der Waals surface area contributed by atoms with Crippen molar-refractivity contribution in [2.45, 2.75) is 26.1 Å². The number of aromatic nitrogens is 1. The number of ether oxygens (including phenoxy) is 1. The Morgan fingerprint density at radius 2 is 2.05 bits per heavy atom. The third kappa shape index (κ3) is 4.89. The predicted octanol–water partition coefficient (Wildman–Crippen LogP) is 2.25. The number of anilines is 1. The highest BCUT2D eigenvalue weighted by Crippen LogP contribution is 2.30. The van der Waals surface area contributed by atoms with Crippen LogP contribution in [-0.4, -0.2) is 37.1 Å². The van der Waals surface area contributed by atoms with E-state index in [2.05, 4.69) is 4.98 Å². The Labute approximate surface area is 121 Å². The van der Waals surface area contributed by atoms with Gasteiger partial charge in [0.25, 0.3) is 0 Å². The van der Waals surface area contributed by atoms with Gasteiger partial charge in [-0.3, -0.25) is 5.41 Å². The van der Waals surface area contributed by atoms with Gasteiger partial charge in [0.2, 0.25) is 0 Å². The van der Waals surface area contributed by atoms with Gasteiger partial charge < -0.3 is 15.4 Å². The molecule has 8 heteroatoms. The molecule has 0 bridgehead atoms. The van der Waals surface area contributed by atoms with Crippen LogP contribution < -0.4 is 10.6 Å². The van der Waals surface area contributed by atoms with Crippen molar-refractivity contribution in [1.29, 1.82) is 5.41 Å². The lowest BCUT2D eigenvalue weighted by Gasteiger charge is -2.22. The Kier molecular flexibility index (Phi) is 5.54. The maximum absolute atomic E-state index is 12.7. The molecule has 0 aliphatic heterocycles. The van der Waals surface area contributed by atoms with Crippen LogP contribution in [0.25, 0.3) is 0 Å². The minimum atomic E-state index is -4.54. The molecule has 1 rings (SSSR count). The minimum absolute atomic E-state index is 0.0182. The van der Waals surface area contributed by atoms with Crippen LogP contribution >= 0.6 is 0 Å². The van der Waals surface area contributed by atoms with E-state index in [-0.39, 0.29) is 23.3 Å². The Balaban J connectivity index is 3.03. The van der Waals surface area contributed by atoms with Crippen molar-refractivity contribution in [3.8, 4) is 0 Å². The summed E-state index contributed by atoms with van der Waals surface area (Å²) in [7, 11) is 1.58. The van der Waals surface area contributed by atoms with Crippen molar-refractivity contribution < 1.29 is 17.9 Å². The molecule has 1 aromatic heterocycles. The number of alkyl halides is 3. The summed E-state index contributed by atoms with van der Waals surface area (Å²) in [6.07, 6.45) is -4.51. The molecule has 21 heavy (non-hydrogen) atoms. The van der Waals surface area contributed by atoms with E-state index in [1.165, 1.54) is 4.90 Å². The quantitative estimate of drug-likeness (QED) is 0.624. The molecule has 0 aliphatic rings. The fraction of sp³-hybridized carbons (Fsp3) is 0.538. The zero-order chi connectivity index (χ0) is 16.2. The van der Waals surface area contributed by atoms with Gasteiger partial charge in [0, 0.05) is 13.6 Å². The third-order valence-corrected chi connectivity index (χ3v) is 2.70. The number of nitrogen functional groups attached to an aromatic ring is 1. The van der Waals surface area contributed by atoms with Crippen LogP contribution in [0.5, 0.6) is 0 Å². The SMILES string of the molecule is CC(C)OCCN(C)c1nc(C(F)(F)F)ccc1C(=N)N. The molecule has 1 aromatic rings. The first-order chi connectivity index (χ1) is 9.62. The highest BCUT2D eigenvalue weighted by molar-refractivity contribution is 5.99. The second-order valence-electron chi connectivity index (χ2n) is 4.82. The average molecular weight is 304 g/mol. The Hall–Kier alpha value is -1.83. The van der Waals surface area contributed by atoms with Crippen LogP contribution in [0.2, 0.25) is 0 Å². The normalized spacial score (nSPS) is 11.8. The zero-order valence-electron chi connectivity index (χ0n) is 12.2. The molecule has 0 unspecified atom stereocenters. The van der Waals surface area contributed by atoms with Crippen LogP contribution in [0.1, 0.15) is 25.1 Å². The molecule has 0 radical (unpaired) electrons. The lowest BCUT2D eigenvalue weighted by Crippen LogP contribution is -2.28. The standard InChI is InChI=1S/C13H19F3N4O/c1-8(2)21-7-6-20(3)12-9(11(17)18)4-5-10(19-12)13(14,15)16/h4-5,8H,6-7H2,1-3H3,(H3,17,18). The van der Waals surface area contributed by atoms with Crippen molar-refractivity contribution in [2.24, 2.45) is 5.73 Å². The van der Waals surface area contributed by atoms with Crippen molar-refractivity contribution >= 4 is 11.7 Å². The molecule has 0 amide bonds. The molecule has 0 saturated carbocycles. The summed E-state index contributed by atoms with van der Waals surface area (Å²) >= 11 is 0. The molecule has 0 spiro atoms. The number of hydrogen-bond acceptors (Lipinski definition) is 4. The number of pyridine rings is 1. The van der Waals surface area contributed by atoms with Crippen molar-refractivity contribution in [1.82, 2.24) is 4.98 Å². The second-order valence-corrected chi connectivity index (χ2v) is 4.82. The first-order valence-corrected chi connectivity index (χ1v) is 6.38. The number of nitrogens with zero attached hydrogens (tertiary/aromatic N) is 2. The van der Waals surface area contributed by atoms with Gasteiger partial charge in [0.1, 0.15) is 17.3 Å². The first kappa shape index (κ1) is 17.2. The van der Waals surface area contributed by atoms with E-state index in [0.29, 0.717) is 13.2 Å². The number of halogens is 3. The molecule has 118 valence electrons. The summed E-state index contributed by atoms with van der Waals surface area (Å²) in [5.41, 5.74) is 4.54. The van der Waals surface area contributed by atoms with Crippen molar-refractivity contribution in [3.05, 3.63) is 23.4 Å². The van der Waals surface area contributed by atoms with Gasteiger partial charge in [0.15, 0.2) is 0 Å². The number of amidine groups is 1. The molecular weight excluding hydrogens is 285 g/mol. The first-order valence-electron chi connectivity index (χ1n) is 6.38. The Morgan fingerprint density at radius 1 is 1.43 bits per heavy atom. The minimum Gasteiger partial charge on any atom is -0.384 e. The van der Waals surface area contributed by atoms with Crippen molar-refractivity contribution in [3.63, 3.8) is 0 Å². The van der Waals surface area contributed by atoms with E-state index >= 15 is 0 Å². The molecular formula is C13H19F3N4O. The number of likely N-dealkylation sites (N-methyl/N-ethyl adjacent to an activating group) is 1. The molecule has 5 nitrogen and oxygen atoms in total. The highest BCUT2D eigenvalue weighted by Gasteiger charge is 2.33. The average Bonchev–Trinajstić information content (AvgIpc) is 2.36. The third-order valence-electron chi connectivity index (χ3n) is 2.70. The summed E-state index contributed by atoms with van der Waals surface area (Å²) in [6, 6.07) is 1.98. The topological polar surface area (TPSA) is 75.2 Å². The zero-order valence-corrected chi connectivity index (χ0v) is 12.2. The van der Waals surface area contributed by atoms with E-state index in [1.807, 2.05) is 13.8 Å². The fourth-order valence-corrected chi connectivity index (χ4v) is 1.64. The van der Waals surface area contributed by atoms with E-state index in [9.17, 15) is 13.2 Å². The van der Waals surface area contributed by atoms with E-state index in [1.54, 1.807) is 7.05 Å². The van der Waals surface area contributed by atoms with Gasteiger partial charge in [-0.25, -0.2) is 4.98 Å². The molecule has 0 atom stereocenters. The van der Waals surface area contributed by atoms with E-state index < -0.39 is 11.9 Å². The summed E-state index contributed by atoms with van der Waals surface area (Å²) in [5, 5.41) is 7.44. The molecule has 1 heterocycles. The lowest BCUT2D eigenvalue weighted by molar-refractivity contribution is -0.141. The van der Waals surface area contributed by atoms with Crippen molar-refractivity contribution in [2.75, 3.05) is 25.1 Å². The lowest BCUT2D eigenvalue weighted by atomic mass is 10.2. The van der Waals surface area contributed by atoms with E-state index in [4.69, 9.17) is 15.9 Å². The maximum atomic E-state index is 12.7. The van der Waals surface area contributed by atoms with Crippen LogP contribution in [-0.2, 0) is 10.9 Å².